The van der Waals surface area contributed by atoms with E-state index >= 15 is 0 Å². The van der Waals surface area contributed by atoms with Crippen LogP contribution in [0.2, 0.25) is 5.02 Å². The Hall–Kier alpha value is -2.99. The predicted molar refractivity (Wildman–Crippen MR) is 101 cm³/mol. The molecule has 1 amide bonds. The molecule has 7 heteroatoms. The normalized spacial score (nSPS) is 18.8. The number of carbonyl (C=O) groups excluding carboxylic acids is 1. The zero-order valence-corrected chi connectivity index (χ0v) is 14.8. The van der Waals surface area contributed by atoms with Crippen LogP contribution in [0.3, 0.4) is 0 Å². The van der Waals surface area contributed by atoms with E-state index in [-0.39, 0.29) is 5.91 Å². The lowest BCUT2D eigenvalue weighted by Gasteiger charge is -2.30. The fourth-order valence-corrected chi connectivity index (χ4v) is 3.47. The minimum Gasteiger partial charge on any atom is -0.325 e. The second-order valence-electron chi connectivity index (χ2n) is 6.06. The molecule has 1 aromatic heterocycles. The van der Waals surface area contributed by atoms with Crippen molar-refractivity contribution in [1.82, 2.24) is 14.8 Å². The molecule has 4 rings (SSSR count). The van der Waals surface area contributed by atoms with Gasteiger partial charge in [-0.3, -0.25) is 4.79 Å². The van der Waals surface area contributed by atoms with Crippen molar-refractivity contribution in [3.05, 3.63) is 71.5 Å². The van der Waals surface area contributed by atoms with Crippen LogP contribution in [-0.2, 0) is 4.79 Å². The van der Waals surface area contributed by atoms with Gasteiger partial charge in [0.05, 0.1) is 6.04 Å². The molecular weight excluding hydrogens is 350 g/mol. The Morgan fingerprint density at radius 1 is 1.12 bits per heavy atom. The van der Waals surface area contributed by atoms with Crippen LogP contribution in [0.1, 0.15) is 18.5 Å². The Kier molecular flexibility index (Phi) is 4.26. The number of hydrogen-bond acceptors (Lipinski definition) is 4. The zero-order chi connectivity index (χ0) is 18.1. The summed E-state index contributed by atoms with van der Waals surface area (Å²) in [4.78, 5) is 21.7. The highest BCUT2D eigenvalue weighted by Crippen LogP contribution is 2.38. The first-order valence-corrected chi connectivity index (χ1v) is 8.58. The largest absolute Gasteiger partial charge is 0.325 e. The highest BCUT2D eigenvalue weighted by atomic mass is 35.5. The maximum absolute atomic E-state index is 13.1. The molecule has 0 radical (unpaired) electrons. The highest BCUT2D eigenvalue weighted by molar-refractivity contribution is 6.31. The van der Waals surface area contributed by atoms with Crippen molar-refractivity contribution in [2.45, 2.75) is 13.0 Å². The van der Waals surface area contributed by atoms with Gasteiger partial charge in [-0.2, -0.15) is 10.1 Å². The molecule has 130 valence electrons. The van der Waals surface area contributed by atoms with Gasteiger partial charge in [0.2, 0.25) is 11.9 Å². The molecule has 1 N–H and O–H groups in total. The number of para-hydroxylation sites is 1. The molecule has 2 unspecified atom stereocenters. The first-order chi connectivity index (χ1) is 12.6. The molecule has 2 aromatic carbocycles. The number of amides is 1. The maximum atomic E-state index is 13.1. The van der Waals surface area contributed by atoms with Crippen molar-refractivity contribution in [3.8, 4) is 0 Å². The molecule has 26 heavy (non-hydrogen) atoms. The molecule has 0 fully saturated rings. The summed E-state index contributed by atoms with van der Waals surface area (Å²) in [6, 6.07) is 16.4. The van der Waals surface area contributed by atoms with Gasteiger partial charge in [-0.05, 0) is 30.7 Å². The van der Waals surface area contributed by atoms with E-state index in [0.717, 1.165) is 11.3 Å². The fraction of sp³-hybridized carbons (Fsp3) is 0.158. The van der Waals surface area contributed by atoms with Gasteiger partial charge in [-0.1, -0.05) is 48.0 Å². The van der Waals surface area contributed by atoms with Crippen molar-refractivity contribution in [2.75, 3.05) is 5.32 Å². The molecule has 3 aromatic rings. The Bertz CT molecular complexity index is 982. The SMILES string of the molecule is CC1=Nc2ncnn2C(c2ccccc2Cl)C1C(=O)Nc1ccccc1. The summed E-state index contributed by atoms with van der Waals surface area (Å²) in [5, 5.41) is 7.82. The number of aromatic nitrogens is 3. The van der Waals surface area contributed by atoms with Crippen molar-refractivity contribution < 1.29 is 4.79 Å². The van der Waals surface area contributed by atoms with Crippen LogP contribution in [0.25, 0.3) is 0 Å². The average molecular weight is 366 g/mol. The van der Waals surface area contributed by atoms with Gasteiger partial charge in [0.1, 0.15) is 12.2 Å². The number of hydrogen-bond donors (Lipinski definition) is 1. The molecule has 0 saturated carbocycles. The van der Waals surface area contributed by atoms with E-state index in [1.807, 2.05) is 55.5 Å². The summed E-state index contributed by atoms with van der Waals surface area (Å²) >= 11 is 6.44. The Labute approximate surface area is 155 Å². The lowest BCUT2D eigenvalue weighted by molar-refractivity contribution is -0.118. The van der Waals surface area contributed by atoms with Crippen LogP contribution in [0, 0.1) is 5.92 Å². The van der Waals surface area contributed by atoms with Crippen LogP contribution in [-0.4, -0.2) is 26.4 Å². The standard InChI is InChI=1S/C19H16ClN5O/c1-12-16(18(26)24-13-7-3-2-4-8-13)17(14-9-5-6-10-15(14)20)25-19(23-12)21-11-22-25/h2-11,16-17H,1H3,(H,24,26). The second-order valence-corrected chi connectivity index (χ2v) is 6.46. The van der Waals surface area contributed by atoms with Crippen molar-refractivity contribution >= 4 is 34.9 Å². The average Bonchev–Trinajstić information content (AvgIpc) is 3.10. The van der Waals surface area contributed by atoms with Gasteiger partial charge in [-0.25, -0.2) is 9.67 Å². The van der Waals surface area contributed by atoms with E-state index in [0.29, 0.717) is 16.7 Å². The third-order valence-corrected chi connectivity index (χ3v) is 4.75. The third-order valence-electron chi connectivity index (χ3n) is 4.41. The van der Waals surface area contributed by atoms with E-state index in [1.165, 1.54) is 6.33 Å². The molecule has 0 aliphatic carbocycles. The molecule has 0 bridgehead atoms. The number of carbonyl (C=O) groups is 1. The number of fused-ring (bicyclic) bond motifs is 1. The monoisotopic (exact) mass is 365 g/mol. The maximum Gasteiger partial charge on any atom is 0.248 e. The first kappa shape index (κ1) is 16.5. The van der Waals surface area contributed by atoms with Gasteiger partial charge >= 0.3 is 0 Å². The van der Waals surface area contributed by atoms with Gasteiger partial charge in [0.25, 0.3) is 0 Å². The fourth-order valence-electron chi connectivity index (χ4n) is 3.22. The number of nitrogens with zero attached hydrogens (tertiary/aromatic N) is 4. The van der Waals surface area contributed by atoms with Gasteiger partial charge < -0.3 is 5.32 Å². The number of aliphatic imine (C=N–C) groups is 1. The highest BCUT2D eigenvalue weighted by Gasteiger charge is 2.39. The zero-order valence-electron chi connectivity index (χ0n) is 14.0. The summed E-state index contributed by atoms with van der Waals surface area (Å²) in [6.07, 6.45) is 1.44. The number of benzene rings is 2. The molecular formula is C19H16ClN5O. The molecule has 0 saturated heterocycles. The van der Waals surface area contributed by atoms with Crippen molar-refractivity contribution in [3.63, 3.8) is 0 Å². The summed E-state index contributed by atoms with van der Waals surface area (Å²) < 4.78 is 1.66. The second kappa shape index (κ2) is 6.72. The Balaban J connectivity index is 1.78. The third kappa shape index (κ3) is 2.88. The molecule has 0 spiro atoms. The van der Waals surface area contributed by atoms with Crippen molar-refractivity contribution in [1.29, 1.82) is 0 Å². The number of rotatable bonds is 3. The van der Waals surface area contributed by atoms with E-state index in [4.69, 9.17) is 11.6 Å². The summed E-state index contributed by atoms with van der Waals surface area (Å²) in [7, 11) is 0. The first-order valence-electron chi connectivity index (χ1n) is 8.20. The molecule has 1 aliphatic rings. The minimum absolute atomic E-state index is 0.163. The van der Waals surface area contributed by atoms with Crippen molar-refractivity contribution in [2.24, 2.45) is 10.9 Å². The summed E-state index contributed by atoms with van der Waals surface area (Å²) in [5.74, 6) is -0.246. The van der Waals surface area contributed by atoms with E-state index in [9.17, 15) is 4.79 Å². The number of anilines is 1. The number of halogens is 1. The van der Waals surface area contributed by atoms with Crippen LogP contribution >= 0.6 is 11.6 Å². The molecule has 1 aliphatic heterocycles. The van der Waals surface area contributed by atoms with Crippen LogP contribution in [0.4, 0.5) is 11.6 Å². The topological polar surface area (TPSA) is 72.2 Å². The van der Waals surface area contributed by atoms with E-state index in [2.05, 4.69) is 20.4 Å². The summed E-state index contributed by atoms with van der Waals surface area (Å²) in [6.45, 7) is 1.83. The lowest BCUT2D eigenvalue weighted by Crippen LogP contribution is -2.39. The van der Waals surface area contributed by atoms with Crippen LogP contribution < -0.4 is 5.32 Å². The van der Waals surface area contributed by atoms with E-state index in [1.54, 1.807) is 10.7 Å². The molecule has 2 heterocycles. The Morgan fingerprint density at radius 2 is 1.85 bits per heavy atom. The van der Waals surface area contributed by atoms with Gasteiger partial charge in [0.15, 0.2) is 0 Å². The van der Waals surface area contributed by atoms with E-state index < -0.39 is 12.0 Å². The Morgan fingerprint density at radius 3 is 2.62 bits per heavy atom. The molecule has 2 atom stereocenters. The lowest BCUT2D eigenvalue weighted by atomic mass is 9.87. The minimum atomic E-state index is -0.552. The smallest absolute Gasteiger partial charge is 0.248 e. The summed E-state index contributed by atoms with van der Waals surface area (Å²) in [5.41, 5.74) is 2.21. The van der Waals surface area contributed by atoms with Crippen LogP contribution in [0.5, 0.6) is 0 Å². The molecule has 6 nitrogen and oxygen atoms in total. The van der Waals surface area contributed by atoms with Gasteiger partial charge in [-0.15, -0.1) is 0 Å². The number of nitrogens with one attached hydrogen (secondary N) is 1. The predicted octanol–water partition coefficient (Wildman–Crippen LogP) is 3.88. The van der Waals surface area contributed by atoms with Crippen LogP contribution in [0.15, 0.2) is 65.9 Å². The quantitative estimate of drug-likeness (QED) is 0.765. The van der Waals surface area contributed by atoms with Gasteiger partial charge in [0, 0.05) is 16.4 Å².